The summed E-state index contributed by atoms with van der Waals surface area (Å²) in [5, 5.41) is 11.3. The lowest BCUT2D eigenvalue weighted by atomic mass is 9.96. The summed E-state index contributed by atoms with van der Waals surface area (Å²) in [5.74, 6) is 0.946. The highest BCUT2D eigenvalue weighted by atomic mass is 28.4. The van der Waals surface area contributed by atoms with Crippen molar-refractivity contribution in [3.8, 4) is 0 Å². The van der Waals surface area contributed by atoms with Crippen molar-refractivity contribution < 1.29 is 14.1 Å². The molecule has 7 heteroatoms. The zero-order valence-electron chi connectivity index (χ0n) is 14.3. The van der Waals surface area contributed by atoms with Crippen LogP contribution in [0, 0.1) is 10.1 Å². The first-order valence-electron chi connectivity index (χ1n) is 7.87. The van der Waals surface area contributed by atoms with Gasteiger partial charge in [0.2, 0.25) is 8.32 Å². The highest BCUT2D eigenvalue weighted by molar-refractivity contribution is 6.70. The van der Waals surface area contributed by atoms with Crippen molar-refractivity contribution in [3.63, 3.8) is 0 Å². The van der Waals surface area contributed by atoms with Gasteiger partial charge in [0.15, 0.2) is 0 Å². The summed E-state index contributed by atoms with van der Waals surface area (Å²) in [6, 6.07) is 1.67. The third kappa shape index (κ3) is 4.17. The monoisotopic (exact) mass is 336 g/mol. The van der Waals surface area contributed by atoms with Crippen LogP contribution in [0.4, 0.5) is 5.69 Å². The highest BCUT2D eigenvalue weighted by Gasteiger charge is 2.34. The fraction of sp³-hybridized carbons (Fsp3) is 0.562. The quantitative estimate of drug-likeness (QED) is 0.454. The average Bonchev–Trinajstić information content (AvgIpc) is 2.45. The van der Waals surface area contributed by atoms with E-state index >= 15 is 0 Å². The number of pyridine rings is 1. The summed E-state index contributed by atoms with van der Waals surface area (Å²) in [4.78, 5) is 14.7. The van der Waals surface area contributed by atoms with E-state index in [0.717, 1.165) is 17.8 Å². The van der Waals surface area contributed by atoms with Gasteiger partial charge in [-0.2, -0.15) is 0 Å². The van der Waals surface area contributed by atoms with Crippen molar-refractivity contribution in [2.24, 2.45) is 0 Å². The van der Waals surface area contributed by atoms with Crippen LogP contribution in [-0.2, 0) is 9.16 Å². The Morgan fingerprint density at radius 2 is 2.17 bits per heavy atom. The molecule has 0 radical (unpaired) electrons. The largest absolute Gasteiger partial charge is 0.547 e. The van der Waals surface area contributed by atoms with Gasteiger partial charge in [-0.25, -0.2) is 0 Å². The third-order valence-corrected chi connectivity index (χ3v) is 4.63. The first-order chi connectivity index (χ1) is 10.7. The standard InChI is InChI=1S/C16H24N2O4Si/c1-6-12-11(2)21-15(9-16(12)22-23(3,4)5)13-7-8-17-10-14(13)18(19)20/h7-8,10-11,15H,6,9H2,1-5H3/t11-,15-/m1/s1. The van der Waals surface area contributed by atoms with Crippen LogP contribution in [0.25, 0.3) is 0 Å². The number of hydrogen-bond acceptors (Lipinski definition) is 5. The molecule has 0 saturated heterocycles. The molecule has 1 aliphatic heterocycles. The second-order valence-electron chi connectivity index (χ2n) is 6.68. The molecule has 2 rings (SSSR count). The molecule has 0 fully saturated rings. The Morgan fingerprint density at radius 3 is 2.74 bits per heavy atom. The van der Waals surface area contributed by atoms with Crippen molar-refractivity contribution >= 4 is 14.0 Å². The van der Waals surface area contributed by atoms with Crippen LogP contribution in [0.15, 0.2) is 29.8 Å². The first kappa shape index (κ1) is 17.6. The number of ether oxygens (including phenoxy) is 1. The third-order valence-electron chi connectivity index (χ3n) is 3.77. The van der Waals surface area contributed by atoms with Gasteiger partial charge in [0.05, 0.1) is 28.5 Å². The summed E-state index contributed by atoms with van der Waals surface area (Å²) < 4.78 is 12.3. The molecule has 1 aliphatic rings. The number of nitrogens with zero attached hydrogens (tertiary/aromatic N) is 2. The van der Waals surface area contributed by atoms with Crippen molar-refractivity contribution in [1.82, 2.24) is 4.98 Å². The Hall–Kier alpha value is -1.73. The minimum Gasteiger partial charge on any atom is -0.547 e. The molecule has 0 unspecified atom stereocenters. The Labute approximate surface area is 137 Å². The molecule has 2 heterocycles. The van der Waals surface area contributed by atoms with E-state index in [4.69, 9.17) is 9.16 Å². The van der Waals surface area contributed by atoms with Crippen LogP contribution in [0.3, 0.4) is 0 Å². The molecule has 1 aromatic heterocycles. The summed E-state index contributed by atoms with van der Waals surface area (Å²) >= 11 is 0. The lowest BCUT2D eigenvalue weighted by Crippen LogP contribution is -2.31. The lowest BCUT2D eigenvalue weighted by molar-refractivity contribution is -0.386. The van der Waals surface area contributed by atoms with Crippen LogP contribution in [0.2, 0.25) is 19.6 Å². The Kier molecular flexibility index (Phi) is 5.21. The van der Waals surface area contributed by atoms with Gasteiger partial charge in [0.1, 0.15) is 6.20 Å². The van der Waals surface area contributed by atoms with Crippen LogP contribution in [0.1, 0.15) is 38.4 Å². The van der Waals surface area contributed by atoms with E-state index in [1.165, 1.54) is 6.20 Å². The molecule has 0 amide bonds. The molecular weight excluding hydrogens is 312 g/mol. The van der Waals surface area contributed by atoms with Crippen molar-refractivity contribution in [1.29, 1.82) is 0 Å². The number of hydrogen-bond donors (Lipinski definition) is 0. The molecule has 0 spiro atoms. The normalized spacial score (nSPS) is 22.1. The summed E-state index contributed by atoms with van der Waals surface area (Å²) in [5.41, 5.74) is 1.71. The second-order valence-corrected chi connectivity index (χ2v) is 11.1. The van der Waals surface area contributed by atoms with Crippen LogP contribution < -0.4 is 0 Å². The van der Waals surface area contributed by atoms with Gasteiger partial charge in [-0.05, 0) is 44.6 Å². The maximum absolute atomic E-state index is 11.3. The van der Waals surface area contributed by atoms with E-state index in [-0.39, 0.29) is 17.9 Å². The minimum atomic E-state index is -1.76. The molecular formula is C16H24N2O4Si. The maximum Gasteiger partial charge on any atom is 0.293 e. The molecule has 1 aromatic rings. The molecule has 2 atom stereocenters. The predicted molar refractivity (Wildman–Crippen MR) is 90.5 cm³/mol. The smallest absolute Gasteiger partial charge is 0.293 e. The molecule has 0 saturated carbocycles. The fourth-order valence-electron chi connectivity index (χ4n) is 2.87. The maximum atomic E-state index is 11.3. The van der Waals surface area contributed by atoms with E-state index in [1.807, 2.05) is 6.92 Å². The van der Waals surface area contributed by atoms with Gasteiger partial charge in [-0.1, -0.05) is 6.92 Å². The van der Waals surface area contributed by atoms with Gasteiger partial charge in [0, 0.05) is 12.6 Å². The van der Waals surface area contributed by atoms with Crippen LogP contribution >= 0.6 is 0 Å². The molecule has 23 heavy (non-hydrogen) atoms. The van der Waals surface area contributed by atoms with Gasteiger partial charge in [-0.15, -0.1) is 0 Å². The van der Waals surface area contributed by atoms with Gasteiger partial charge < -0.3 is 9.16 Å². The summed E-state index contributed by atoms with van der Waals surface area (Å²) in [6.45, 7) is 10.5. The SMILES string of the molecule is CCC1=C(O[Si](C)(C)C)C[C@H](c2ccncc2[N+](=O)[O-])O[C@@H]1C. The van der Waals surface area contributed by atoms with Gasteiger partial charge in [-0.3, -0.25) is 15.1 Å². The molecule has 6 nitrogen and oxygen atoms in total. The fourth-order valence-corrected chi connectivity index (χ4v) is 3.82. The predicted octanol–water partition coefficient (Wildman–Crippen LogP) is 4.36. The topological polar surface area (TPSA) is 74.5 Å². The first-order valence-corrected chi connectivity index (χ1v) is 11.3. The minimum absolute atomic E-state index is 0.00278. The number of rotatable bonds is 5. The summed E-state index contributed by atoms with van der Waals surface area (Å²) in [6.07, 6.45) is 3.73. The van der Waals surface area contributed by atoms with Crippen molar-refractivity contribution in [2.45, 2.75) is 58.5 Å². The Bertz CT molecular complexity index is 625. The second kappa shape index (κ2) is 6.80. The highest BCUT2D eigenvalue weighted by Crippen LogP contribution is 2.40. The molecule has 126 valence electrons. The van der Waals surface area contributed by atoms with E-state index in [0.29, 0.717) is 12.0 Å². The molecule has 0 N–H and O–H groups in total. The van der Waals surface area contributed by atoms with E-state index in [1.54, 1.807) is 12.3 Å². The zero-order valence-corrected chi connectivity index (χ0v) is 15.3. The Balaban J connectivity index is 2.38. The molecule has 0 bridgehead atoms. The van der Waals surface area contributed by atoms with Gasteiger partial charge in [0.25, 0.3) is 5.69 Å². The number of aromatic nitrogens is 1. The van der Waals surface area contributed by atoms with E-state index in [2.05, 4.69) is 31.5 Å². The zero-order chi connectivity index (χ0) is 17.2. The lowest BCUT2D eigenvalue weighted by Gasteiger charge is -2.35. The molecule has 0 aromatic carbocycles. The Morgan fingerprint density at radius 1 is 1.48 bits per heavy atom. The van der Waals surface area contributed by atoms with Gasteiger partial charge >= 0.3 is 0 Å². The van der Waals surface area contributed by atoms with E-state index < -0.39 is 13.2 Å². The number of nitro groups is 1. The van der Waals surface area contributed by atoms with Crippen LogP contribution in [-0.4, -0.2) is 24.3 Å². The molecule has 0 aliphatic carbocycles. The van der Waals surface area contributed by atoms with Crippen molar-refractivity contribution in [3.05, 3.63) is 45.5 Å². The summed E-state index contributed by atoms with van der Waals surface area (Å²) in [7, 11) is -1.76. The average molecular weight is 336 g/mol. The van der Waals surface area contributed by atoms with Crippen molar-refractivity contribution in [2.75, 3.05) is 0 Å². The van der Waals surface area contributed by atoms with Crippen LogP contribution in [0.5, 0.6) is 0 Å². The van der Waals surface area contributed by atoms with E-state index in [9.17, 15) is 10.1 Å².